The van der Waals surface area contributed by atoms with Gasteiger partial charge in [-0.1, -0.05) is 0 Å². The van der Waals surface area contributed by atoms with E-state index < -0.39 is 0 Å². The molecule has 6 heteroatoms. The lowest BCUT2D eigenvalue weighted by atomic mass is 10.2. The van der Waals surface area contributed by atoms with Gasteiger partial charge in [-0.2, -0.15) is 9.78 Å². The van der Waals surface area contributed by atoms with Crippen molar-refractivity contribution < 1.29 is 0 Å². The van der Waals surface area contributed by atoms with Crippen LogP contribution in [0, 0.1) is 0 Å². The number of pyridine rings is 1. The van der Waals surface area contributed by atoms with Gasteiger partial charge in [-0.25, -0.2) is 0 Å². The number of nitrogens with one attached hydrogen (secondary N) is 1. The maximum absolute atomic E-state index is 11.9. The van der Waals surface area contributed by atoms with Crippen molar-refractivity contribution >= 4 is 0 Å². The Morgan fingerprint density at radius 3 is 2.78 bits per heavy atom. The quantitative estimate of drug-likeness (QED) is 0.724. The van der Waals surface area contributed by atoms with Crippen molar-refractivity contribution in [3.63, 3.8) is 0 Å². The Morgan fingerprint density at radius 2 is 2.06 bits per heavy atom. The second-order valence-corrected chi connectivity index (χ2v) is 3.67. The van der Waals surface area contributed by atoms with Crippen LogP contribution in [0.3, 0.4) is 0 Å². The fourth-order valence-electron chi connectivity index (χ4n) is 1.65. The molecule has 0 atom stereocenters. The van der Waals surface area contributed by atoms with E-state index in [-0.39, 0.29) is 5.56 Å². The van der Waals surface area contributed by atoms with Crippen molar-refractivity contribution in [3.05, 3.63) is 59.3 Å². The molecule has 3 rings (SSSR count). The number of rotatable bonds is 2. The van der Waals surface area contributed by atoms with Crippen molar-refractivity contribution in [2.45, 2.75) is 0 Å². The Hall–Kier alpha value is -2.76. The Kier molecular flexibility index (Phi) is 2.45. The maximum atomic E-state index is 11.9. The molecule has 0 aromatic carbocycles. The van der Waals surface area contributed by atoms with Gasteiger partial charge in [0.15, 0.2) is 5.82 Å². The Balaban J connectivity index is 2.10. The van der Waals surface area contributed by atoms with Crippen LogP contribution in [0.25, 0.3) is 17.1 Å². The van der Waals surface area contributed by atoms with E-state index in [1.807, 2.05) is 12.1 Å². The smallest absolute Gasteiger partial charge is 0.273 e. The Bertz CT molecular complexity index is 702. The zero-order chi connectivity index (χ0) is 12.4. The topological polar surface area (TPSA) is 76.5 Å². The van der Waals surface area contributed by atoms with Crippen molar-refractivity contribution in [2.24, 2.45) is 0 Å². The number of H-pyrrole nitrogens is 1. The predicted octanol–water partition coefficient (Wildman–Crippen LogP) is 1.02. The lowest BCUT2D eigenvalue weighted by Crippen LogP contribution is -2.15. The number of hydrogen-bond donors (Lipinski definition) is 1. The average molecular weight is 239 g/mol. The summed E-state index contributed by atoms with van der Waals surface area (Å²) in [6, 6.07) is 8.62. The highest BCUT2D eigenvalue weighted by molar-refractivity contribution is 5.57. The molecule has 0 saturated heterocycles. The largest absolute Gasteiger partial charge is 0.289 e. The number of aromatic amines is 1. The molecule has 3 aromatic rings. The minimum atomic E-state index is -0.186. The lowest BCUT2D eigenvalue weighted by molar-refractivity contribution is 0.793. The monoisotopic (exact) mass is 239 g/mol. The zero-order valence-electron chi connectivity index (χ0n) is 9.32. The minimum absolute atomic E-state index is 0.186. The first-order chi connectivity index (χ1) is 8.84. The second kappa shape index (κ2) is 4.25. The molecule has 18 heavy (non-hydrogen) atoms. The van der Waals surface area contributed by atoms with Crippen molar-refractivity contribution in [1.82, 2.24) is 25.0 Å². The molecule has 0 aliphatic heterocycles. The van der Waals surface area contributed by atoms with Gasteiger partial charge in [0.05, 0.1) is 5.69 Å². The molecule has 0 unspecified atom stereocenters. The first-order valence-electron chi connectivity index (χ1n) is 5.35. The van der Waals surface area contributed by atoms with Gasteiger partial charge in [0, 0.05) is 30.2 Å². The normalized spacial score (nSPS) is 10.4. The van der Waals surface area contributed by atoms with Crippen LogP contribution >= 0.6 is 0 Å². The highest BCUT2D eigenvalue weighted by atomic mass is 16.1. The molecule has 0 bridgehead atoms. The van der Waals surface area contributed by atoms with E-state index in [0.29, 0.717) is 11.5 Å². The fraction of sp³-hybridized carbons (Fsp3) is 0. The molecule has 0 fully saturated rings. The number of nitrogens with zero attached hydrogens (tertiary/aromatic N) is 4. The average Bonchev–Trinajstić information content (AvgIpc) is 2.83. The highest BCUT2D eigenvalue weighted by Gasteiger charge is 2.07. The molecule has 0 spiro atoms. The Morgan fingerprint density at radius 1 is 1.17 bits per heavy atom. The highest BCUT2D eigenvalue weighted by Crippen LogP contribution is 2.13. The van der Waals surface area contributed by atoms with Gasteiger partial charge in [-0.15, -0.1) is 5.10 Å². The summed E-state index contributed by atoms with van der Waals surface area (Å²) < 4.78 is 1.34. The molecule has 3 heterocycles. The predicted molar refractivity (Wildman–Crippen MR) is 65.2 cm³/mol. The summed E-state index contributed by atoms with van der Waals surface area (Å²) in [6.45, 7) is 0. The maximum Gasteiger partial charge on any atom is 0.273 e. The van der Waals surface area contributed by atoms with Gasteiger partial charge in [0.25, 0.3) is 5.56 Å². The molecule has 1 N–H and O–H groups in total. The minimum Gasteiger partial charge on any atom is -0.289 e. The summed E-state index contributed by atoms with van der Waals surface area (Å²) in [5, 5.41) is 10.6. The SMILES string of the molecule is O=c1cc(-c2cccnc2)[nH]n1-c1cccnn1. The van der Waals surface area contributed by atoms with Gasteiger partial charge in [0.2, 0.25) is 0 Å². The van der Waals surface area contributed by atoms with E-state index in [1.54, 1.807) is 30.7 Å². The number of hydrogen-bond acceptors (Lipinski definition) is 4. The third kappa shape index (κ3) is 1.80. The van der Waals surface area contributed by atoms with Crippen LogP contribution in [0.2, 0.25) is 0 Å². The van der Waals surface area contributed by atoms with E-state index >= 15 is 0 Å². The van der Waals surface area contributed by atoms with E-state index in [9.17, 15) is 4.79 Å². The fourth-order valence-corrected chi connectivity index (χ4v) is 1.65. The van der Waals surface area contributed by atoms with Gasteiger partial charge in [-0.05, 0) is 24.3 Å². The Labute approximate surface area is 102 Å². The third-order valence-corrected chi connectivity index (χ3v) is 2.48. The summed E-state index contributed by atoms with van der Waals surface area (Å²) in [4.78, 5) is 15.9. The second-order valence-electron chi connectivity index (χ2n) is 3.67. The van der Waals surface area contributed by atoms with Crippen molar-refractivity contribution in [1.29, 1.82) is 0 Å². The van der Waals surface area contributed by atoms with Crippen LogP contribution in [0.15, 0.2) is 53.7 Å². The van der Waals surface area contributed by atoms with Crippen molar-refractivity contribution in [3.8, 4) is 17.1 Å². The first kappa shape index (κ1) is 10.4. The summed E-state index contributed by atoms with van der Waals surface area (Å²) in [6.07, 6.45) is 4.92. The molecule has 88 valence electrons. The van der Waals surface area contributed by atoms with Crippen LogP contribution < -0.4 is 5.56 Å². The molecule has 0 radical (unpaired) electrons. The zero-order valence-corrected chi connectivity index (χ0v) is 9.32. The molecular weight excluding hydrogens is 230 g/mol. The van der Waals surface area contributed by atoms with E-state index in [1.165, 1.54) is 10.7 Å². The lowest BCUT2D eigenvalue weighted by Gasteiger charge is -1.99. The van der Waals surface area contributed by atoms with Crippen molar-refractivity contribution in [2.75, 3.05) is 0 Å². The summed E-state index contributed by atoms with van der Waals surface area (Å²) >= 11 is 0. The van der Waals surface area contributed by atoms with Crippen LogP contribution in [-0.2, 0) is 0 Å². The molecule has 0 aliphatic carbocycles. The van der Waals surface area contributed by atoms with Gasteiger partial charge < -0.3 is 0 Å². The standard InChI is InChI=1S/C12H9N5O/c18-12-7-10(9-3-1-5-13-8-9)16-17(12)11-4-2-6-14-15-11/h1-8,16H. The molecule has 0 amide bonds. The molecule has 0 aliphatic rings. The summed E-state index contributed by atoms with van der Waals surface area (Å²) in [5.41, 5.74) is 1.35. The third-order valence-electron chi connectivity index (χ3n) is 2.48. The molecule has 3 aromatic heterocycles. The summed E-state index contributed by atoms with van der Waals surface area (Å²) in [7, 11) is 0. The van der Waals surface area contributed by atoms with Gasteiger partial charge >= 0.3 is 0 Å². The van der Waals surface area contributed by atoms with Crippen LogP contribution in [0.1, 0.15) is 0 Å². The van der Waals surface area contributed by atoms with Gasteiger partial charge in [0.1, 0.15) is 0 Å². The van der Waals surface area contributed by atoms with Crippen LogP contribution in [-0.4, -0.2) is 25.0 Å². The van der Waals surface area contributed by atoms with E-state index in [0.717, 1.165) is 5.56 Å². The van der Waals surface area contributed by atoms with E-state index in [2.05, 4.69) is 20.3 Å². The molecule has 0 saturated carbocycles. The summed E-state index contributed by atoms with van der Waals surface area (Å²) in [5.74, 6) is 0.456. The number of aromatic nitrogens is 5. The molecule has 6 nitrogen and oxygen atoms in total. The van der Waals surface area contributed by atoms with Crippen LogP contribution in [0.4, 0.5) is 0 Å². The first-order valence-corrected chi connectivity index (χ1v) is 5.35. The van der Waals surface area contributed by atoms with Crippen LogP contribution in [0.5, 0.6) is 0 Å². The van der Waals surface area contributed by atoms with Gasteiger partial charge in [-0.3, -0.25) is 14.9 Å². The molecular formula is C12H9N5O. The van der Waals surface area contributed by atoms with E-state index in [4.69, 9.17) is 0 Å².